The Morgan fingerprint density at radius 2 is 2.10 bits per heavy atom. The molecule has 8 nitrogen and oxygen atoms in total. The number of fused-ring (bicyclic) bond motifs is 2. The van der Waals surface area contributed by atoms with Gasteiger partial charge in [0.1, 0.15) is 18.0 Å². The van der Waals surface area contributed by atoms with Gasteiger partial charge in [-0.1, -0.05) is 6.42 Å². The minimum Gasteiger partial charge on any atom is -0.346 e. The second kappa shape index (κ2) is 6.39. The summed E-state index contributed by atoms with van der Waals surface area (Å²) in [4.78, 5) is 23.7. The molecule has 2 aliphatic heterocycles. The van der Waals surface area contributed by atoms with Crippen molar-refractivity contribution in [2.75, 3.05) is 19.6 Å². The fourth-order valence-corrected chi connectivity index (χ4v) is 6.45. The second-order valence-corrected chi connectivity index (χ2v) is 9.93. The molecule has 0 radical (unpaired) electrons. The molecule has 4 heterocycles. The van der Waals surface area contributed by atoms with Crippen molar-refractivity contribution in [3.8, 4) is 0 Å². The Bertz CT molecular complexity index is 886. The lowest BCUT2D eigenvalue weighted by Crippen LogP contribution is -2.63. The number of imidazole rings is 1. The van der Waals surface area contributed by atoms with Gasteiger partial charge in [-0.2, -0.15) is 5.10 Å². The highest BCUT2D eigenvalue weighted by Crippen LogP contribution is 2.59. The van der Waals surface area contributed by atoms with E-state index in [0.29, 0.717) is 12.8 Å². The smallest absolute Gasteiger partial charge is 0.221 e. The number of nitrogens with zero attached hydrogens (tertiary/aromatic N) is 5. The van der Waals surface area contributed by atoms with E-state index in [4.69, 9.17) is 0 Å². The van der Waals surface area contributed by atoms with Crippen LogP contribution < -0.4 is 5.32 Å². The fraction of sp³-hybridized carbons (Fsp3) is 0.714. The fourth-order valence-electron chi connectivity index (χ4n) is 6.45. The standard InChI is InChI=1S/C21H29N7O/c29-18(3-2-17-23-14-24-26-17)25-16-10-21(28-7-6-22-19(16)28)12-27(13-21)11-15-8-20(9-15)4-1-5-20/h6-7,14-16H,1-5,8-13H2,(H,25,29)(H,23,24,26). The van der Waals surface area contributed by atoms with Crippen LogP contribution in [0.5, 0.6) is 0 Å². The van der Waals surface area contributed by atoms with E-state index >= 15 is 0 Å². The largest absolute Gasteiger partial charge is 0.346 e. The molecule has 2 aliphatic carbocycles. The maximum Gasteiger partial charge on any atom is 0.221 e. The summed E-state index contributed by atoms with van der Waals surface area (Å²) < 4.78 is 2.33. The molecule has 6 rings (SSSR count). The average molecular weight is 396 g/mol. The third-order valence-electron chi connectivity index (χ3n) is 7.87. The molecule has 8 heteroatoms. The van der Waals surface area contributed by atoms with Gasteiger partial charge in [-0.15, -0.1) is 0 Å². The van der Waals surface area contributed by atoms with Crippen molar-refractivity contribution in [1.82, 2.24) is 34.9 Å². The number of carbonyl (C=O) groups is 1. The molecule has 29 heavy (non-hydrogen) atoms. The zero-order valence-electron chi connectivity index (χ0n) is 16.8. The molecule has 2 spiro atoms. The number of rotatable bonds is 6. The molecule has 4 aliphatic rings. The molecule has 0 bridgehead atoms. The van der Waals surface area contributed by atoms with Crippen LogP contribution in [0.4, 0.5) is 0 Å². The molecule has 1 atom stereocenters. The number of amides is 1. The van der Waals surface area contributed by atoms with Crippen molar-refractivity contribution in [1.29, 1.82) is 0 Å². The topological polar surface area (TPSA) is 91.7 Å². The summed E-state index contributed by atoms with van der Waals surface area (Å²) in [6.45, 7) is 3.43. The molecule has 1 amide bonds. The van der Waals surface area contributed by atoms with Gasteiger partial charge in [0.05, 0.1) is 11.6 Å². The van der Waals surface area contributed by atoms with Crippen molar-refractivity contribution in [2.24, 2.45) is 11.3 Å². The molecular weight excluding hydrogens is 366 g/mol. The summed E-state index contributed by atoms with van der Waals surface area (Å²) in [7, 11) is 0. The zero-order chi connectivity index (χ0) is 19.5. The summed E-state index contributed by atoms with van der Waals surface area (Å²) >= 11 is 0. The van der Waals surface area contributed by atoms with E-state index in [1.54, 1.807) is 0 Å². The summed E-state index contributed by atoms with van der Waals surface area (Å²) in [5.74, 6) is 2.71. The van der Waals surface area contributed by atoms with Crippen LogP contribution in [0.3, 0.4) is 0 Å². The van der Waals surface area contributed by atoms with Crippen LogP contribution in [0.25, 0.3) is 0 Å². The quantitative estimate of drug-likeness (QED) is 0.778. The number of H-pyrrole nitrogens is 1. The van der Waals surface area contributed by atoms with Crippen LogP contribution in [-0.2, 0) is 16.8 Å². The summed E-state index contributed by atoms with van der Waals surface area (Å²) in [5.41, 5.74) is 0.881. The lowest BCUT2D eigenvalue weighted by molar-refractivity contribution is -0.122. The van der Waals surface area contributed by atoms with E-state index in [1.807, 2.05) is 6.20 Å². The average Bonchev–Trinajstić information content (AvgIpc) is 3.32. The number of aromatic amines is 1. The normalized spacial score (nSPS) is 26.7. The van der Waals surface area contributed by atoms with E-state index in [1.165, 1.54) is 45.0 Å². The number of aromatic nitrogens is 5. The van der Waals surface area contributed by atoms with Gasteiger partial charge in [-0.05, 0) is 37.0 Å². The maximum atomic E-state index is 12.5. The van der Waals surface area contributed by atoms with Gasteiger partial charge in [-0.3, -0.25) is 14.8 Å². The number of carbonyl (C=O) groups excluding carboxylic acids is 1. The Balaban J connectivity index is 1.04. The SMILES string of the molecule is O=C(CCc1ncn[nH]1)NC1CC2(CN(CC3CC4(CCC4)C3)C2)n2ccnc21. The van der Waals surface area contributed by atoms with Crippen molar-refractivity contribution in [2.45, 2.75) is 62.9 Å². The Morgan fingerprint density at radius 1 is 1.24 bits per heavy atom. The molecule has 1 unspecified atom stereocenters. The third-order valence-corrected chi connectivity index (χ3v) is 7.87. The van der Waals surface area contributed by atoms with Crippen molar-refractivity contribution >= 4 is 5.91 Å². The number of likely N-dealkylation sites (tertiary alicyclic amines) is 1. The van der Waals surface area contributed by atoms with Crippen molar-refractivity contribution in [3.63, 3.8) is 0 Å². The molecule has 2 saturated carbocycles. The first kappa shape index (κ1) is 17.6. The van der Waals surface area contributed by atoms with Gasteiger partial charge < -0.3 is 9.88 Å². The molecule has 0 aromatic carbocycles. The number of hydrogen-bond acceptors (Lipinski definition) is 5. The van der Waals surface area contributed by atoms with Crippen molar-refractivity contribution in [3.05, 3.63) is 30.4 Å². The van der Waals surface area contributed by atoms with Gasteiger partial charge >= 0.3 is 0 Å². The summed E-state index contributed by atoms with van der Waals surface area (Å²) in [6.07, 6.45) is 14.7. The first-order chi connectivity index (χ1) is 14.1. The monoisotopic (exact) mass is 395 g/mol. The summed E-state index contributed by atoms with van der Waals surface area (Å²) in [5, 5.41) is 9.85. The van der Waals surface area contributed by atoms with E-state index in [-0.39, 0.29) is 17.5 Å². The Hall–Kier alpha value is -2.22. The van der Waals surface area contributed by atoms with E-state index in [2.05, 4.69) is 41.1 Å². The first-order valence-corrected chi connectivity index (χ1v) is 11.0. The molecule has 2 N–H and O–H groups in total. The van der Waals surface area contributed by atoms with Crippen LogP contribution in [0.15, 0.2) is 18.7 Å². The van der Waals surface area contributed by atoms with Gasteiger partial charge in [0, 0.05) is 51.3 Å². The maximum absolute atomic E-state index is 12.5. The van der Waals surface area contributed by atoms with Crippen LogP contribution in [0.2, 0.25) is 0 Å². The van der Waals surface area contributed by atoms with Crippen molar-refractivity contribution < 1.29 is 4.79 Å². The minimum absolute atomic E-state index is 0.0105. The first-order valence-electron chi connectivity index (χ1n) is 11.0. The summed E-state index contributed by atoms with van der Waals surface area (Å²) in [6, 6.07) is 0.0105. The molecule has 1 saturated heterocycles. The van der Waals surface area contributed by atoms with Crippen LogP contribution in [0, 0.1) is 11.3 Å². The highest BCUT2D eigenvalue weighted by atomic mass is 16.1. The van der Waals surface area contributed by atoms with Gasteiger partial charge in [0.2, 0.25) is 5.91 Å². The number of hydrogen-bond donors (Lipinski definition) is 2. The second-order valence-electron chi connectivity index (χ2n) is 9.93. The Labute approximate surface area is 170 Å². The minimum atomic E-state index is 0.0105. The van der Waals surface area contributed by atoms with E-state index in [0.717, 1.165) is 42.5 Å². The Kier molecular flexibility index (Phi) is 3.88. The zero-order valence-corrected chi connectivity index (χ0v) is 16.8. The van der Waals surface area contributed by atoms with E-state index < -0.39 is 0 Å². The van der Waals surface area contributed by atoms with Gasteiger partial charge in [0.15, 0.2) is 0 Å². The van der Waals surface area contributed by atoms with Gasteiger partial charge in [-0.25, -0.2) is 9.97 Å². The molecule has 3 fully saturated rings. The lowest BCUT2D eigenvalue weighted by Gasteiger charge is -2.57. The highest BCUT2D eigenvalue weighted by molar-refractivity contribution is 5.76. The predicted octanol–water partition coefficient (Wildman–Crippen LogP) is 1.79. The van der Waals surface area contributed by atoms with Crippen LogP contribution in [0.1, 0.15) is 62.6 Å². The molecule has 2 aromatic heterocycles. The number of aryl methyl sites for hydroxylation is 1. The third kappa shape index (κ3) is 2.91. The molecular formula is C21H29N7O. The van der Waals surface area contributed by atoms with Crippen LogP contribution >= 0.6 is 0 Å². The van der Waals surface area contributed by atoms with Gasteiger partial charge in [0.25, 0.3) is 0 Å². The van der Waals surface area contributed by atoms with E-state index in [9.17, 15) is 4.79 Å². The number of nitrogens with one attached hydrogen (secondary N) is 2. The lowest BCUT2D eigenvalue weighted by atomic mass is 9.51. The highest BCUT2D eigenvalue weighted by Gasteiger charge is 2.54. The molecule has 154 valence electrons. The van der Waals surface area contributed by atoms with Crippen LogP contribution in [-0.4, -0.2) is 55.2 Å². The molecule has 2 aromatic rings. The Morgan fingerprint density at radius 3 is 2.83 bits per heavy atom. The predicted molar refractivity (Wildman–Crippen MR) is 106 cm³/mol.